The molecule has 0 aliphatic rings. The minimum atomic E-state index is -0.256. The summed E-state index contributed by atoms with van der Waals surface area (Å²) in [5.41, 5.74) is 1.85. The van der Waals surface area contributed by atoms with Crippen molar-refractivity contribution in [1.82, 2.24) is 10.2 Å². The molecular formula is C19H22BrFN2O. The second-order valence-electron chi connectivity index (χ2n) is 5.85. The maximum absolute atomic E-state index is 13.7. The van der Waals surface area contributed by atoms with E-state index in [9.17, 15) is 9.18 Å². The van der Waals surface area contributed by atoms with Crippen LogP contribution in [0.3, 0.4) is 0 Å². The Bertz CT molecular complexity index is 664. The Labute approximate surface area is 151 Å². The summed E-state index contributed by atoms with van der Waals surface area (Å²) in [5.74, 6) is -0.297. The second kappa shape index (κ2) is 9.55. The zero-order valence-electron chi connectivity index (χ0n) is 13.8. The number of nitrogens with zero attached hydrogens (tertiary/aromatic N) is 1. The van der Waals surface area contributed by atoms with Crippen LogP contribution in [-0.2, 0) is 17.8 Å². The summed E-state index contributed by atoms with van der Waals surface area (Å²) >= 11 is 3.33. The highest BCUT2D eigenvalue weighted by molar-refractivity contribution is 9.10. The summed E-state index contributed by atoms with van der Waals surface area (Å²) in [6.07, 6.45) is 1.85. The van der Waals surface area contributed by atoms with Crippen molar-refractivity contribution in [3.63, 3.8) is 0 Å². The van der Waals surface area contributed by atoms with Crippen molar-refractivity contribution in [1.29, 1.82) is 0 Å². The van der Waals surface area contributed by atoms with Crippen LogP contribution in [0.15, 0.2) is 53.0 Å². The molecular weight excluding hydrogens is 371 g/mol. The molecule has 3 nitrogen and oxygen atoms in total. The van der Waals surface area contributed by atoms with Gasteiger partial charge in [-0.25, -0.2) is 4.39 Å². The number of nitrogens with one attached hydrogen (secondary N) is 1. The number of hydrogen-bond acceptors (Lipinski definition) is 2. The molecule has 0 heterocycles. The highest BCUT2D eigenvalue weighted by atomic mass is 79.9. The average Bonchev–Trinajstić information content (AvgIpc) is 2.56. The number of rotatable bonds is 8. The zero-order valence-corrected chi connectivity index (χ0v) is 15.4. The number of benzene rings is 2. The average molecular weight is 393 g/mol. The first-order chi connectivity index (χ1) is 11.5. The quantitative estimate of drug-likeness (QED) is 0.693. The molecule has 128 valence electrons. The van der Waals surface area contributed by atoms with Crippen LogP contribution in [0.1, 0.15) is 17.5 Å². The van der Waals surface area contributed by atoms with Crippen LogP contribution < -0.4 is 5.32 Å². The largest absolute Gasteiger partial charge is 0.355 e. The number of carbonyl (C=O) groups excluding carboxylic acids is 1. The molecule has 0 aliphatic heterocycles. The zero-order chi connectivity index (χ0) is 17.4. The molecule has 5 heteroatoms. The van der Waals surface area contributed by atoms with Crippen LogP contribution >= 0.6 is 15.9 Å². The van der Waals surface area contributed by atoms with Gasteiger partial charge in [-0.1, -0.05) is 46.3 Å². The Balaban J connectivity index is 1.69. The van der Waals surface area contributed by atoms with Crippen LogP contribution in [0.5, 0.6) is 0 Å². The fourth-order valence-electron chi connectivity index (χ4n) is 2.48. The summed E-state index contributed by atoms with van der Waals surface area (Å²) in [5, 5.41) is 2.91. The highest BCUT2D eigenvalue weighted by Gasteiger charge is 2.10. The van der Waals surface area contributed by atoms with E-state index in [2.05, 4.69) is 33.4 Å². The molecule has 0 aliphatic carbocycles. The molecule has 0 spiro atoms. The molecule has 0 saturated heterocycles. The Morgan fingerprint density at radius 1 is 1.21 bits per heavy atom. The fourth-order valence-corrected chi connectivity index (χ4v) is 2.89. The lowest BCUT2D eigenvalue weighted by Crippen LogP contribution is -2.35. The number of halogens is 2. The van der Waals surface area contributed by atoms with E-state index in [0.29, 0.717) is 18.7 Å². The predicted molar refractivity (Wildman–Crippen MR) is 98.2 cm³/mol. The second-order valence-corrected chi connectivity index (χ2v) is 6.76. The van der Waals surface area contributed by atoms with E-state index < -0.39 is 0 Å². The summed E-state index contributed by atoms with van der Waals surface area (Å²) in [7, 11) is 1.81. The first-order valence-corrected chi connectivity index (χ1v) is 8.77. The number of aryl methyl sites for hydroxylation is 1. The van der Waals surface area contributed by atoms with Gasteiger partial charge in [0.25, 0.3) is 0 Å². The molecule has 0 radical (unpaired) electrons. The van der Waals surface area contributed by atoms with Gasteiger partial charge in [-0.15, -0.1) is 0 Å². The molecule has 0 atom stereocenters. The van der Waals surface area contributed by atoms with Gasteiger partial charge in [0.1, 0.15) is 5.82 Å². The van der Waals surface area contributed by atoms with E-state index in [0.717, 1.165) is 17.3 Å². The Hall–Kier alpha value is -1.72. The van der Waals surface area contributed by atoms with Crippen LogP contribution in [0.2, 0.25) is 0 Å². The summed E-state index contributed by atoms with van der Waals surface area (Å²) in [4.78, 5) is 13.8. The molecule has 1 amide bonds. The molecule has 2 aromatic rings. The number of carbonyl (C=O) groups is 1. The molecule has 2 aromatic carbocycles. The lowest BCUT2D eigenvalue weighted by atomic mass is 10.1. The molecule has 0 saturated carbocycles. The Morgan fingerprint density at radius 3 is 2.71 bits per heavy atom. The van der Waals surface area contributed by atoms with E-state index >= 15 is 0 Å². The first-order valence-electron chi connectivity index (χ1n) is 7.97. The molecule has 0 bridgehead atoms. The molecule has 24 heavy (non-hydrogen) atoms. The lowest BCUT2D eigenvalue weighted by Gasteiger charge is -2.17. The van der Waals surface area contributed by atoms with E-state index in [4.69, 9.17) is 0 Å². The third-order valence-electron chi connectivity index (χ3n) is 3.67. The van der Waals surface area contributed by atoms with Crippen LogP contribution in [0, 0.1) is 5.82 Å². The molecule has 0 unspecified atom stereocenters. The van der Waals surface area contributed by atoms with Gasteiger partial charge in [-0.2, -0.15) is 0 Å². The smallest absolute Gasteiger partial charge is 0.234 e. The third-order valence-corrected chi connectivity index (χ3v) is 4.16. The van der Waals surface area contributed by atoms with Crippen molar-refractivity contribution < 1.29 is 9.18 Å². The van der Waals surface area contributed by atoms with Crippen molar-refractivity contribution in [2.24, 2.45) is 0 Å². The Kier molecular flexibility index (Phi) is 7.40. The van der Waals surface area contributed by atoms with Crippen molar-refractivity contribution >= 4 is 21.8 Å². The maximum Gasteiger partial charge on any atom is 0.234 e. The topological polar surface area (TPSA) is 32.3 Å². The minimum absolute atomic E-state index is 0.0408. The molecule has 1 N–H and O–H groups in total. The molecule has 0 aromatic heterocycles. The van der Waals surface area contributed by atoms with E-state index in [-0.39, 0.29) is 18.3 Å². The Morgan fingerprint density at radius 2 is 1.96 bits per heavy atom. The summed E-state index contributed by atoms with van der Waals surface area (Å²) in [6, 6.07) is 15.0. The predicted octanol–water partition coefficient (Wildman–Crippen LogP) is 3.77. The number of amides is 1. The number of hydrogen-bond donors (Lipinski definition) is 1. The SMILES string of the molecule is CN(CC(=O)NCCCc1ccccc1)Cc1cc(Br)ccc1F. The maximum atomic E-state index is 13.7. The van der Waals surface area contributed by atoms with Gasteiger partial charge in [0.15, 0.2) is 0 Å². The van der Waals surface area contributed by atoms with E-state index in [1.54, 1.807) is 17.0 Å². The van der Waals surface area contributed by atoms with Crippen LogP contribution in [-0.4, -0.2) is 30.9 Å². The van der Waals surface area contributed by atoms with Gasteiger partial charge in [0.2, 0.25) is 5.91 Å². The van der Waals surface area contributed by atoms with Gasteiger partial charge in [0, 0.05) is 23.1 Å². The molecule has 0 fully saturated rings. The van der Waals surface area contributed by atoms with E-state index in [1.807, 2.05) is 25.2 Å². The van der Waals surface area contributed by atoms with Crippen LogP contribution in [0.4, 0.5) is 4.39 Å². The lowest BCUT2D eigenvalue weighted by molar-refractivity contribution is -0.122. The van der Waals surface area contributed by atoms with Gasteiger partial charge in [-0.3, -0.25) is 9.69 Å². The van der Waals surface area contributed by atoms with Crippen molar-refractivity contribution in [2.45, 2.75) is 19.4 Å². The van der Waals surface area contributed by atoms with E-state index in [1.165, 1.54) is 11.6 Å². The summed E-state index contributed by atoms with van der Waals surface area (Å²) < 4.78 is 14.6. The monoisotopic (exact) mass is 392 g/mol. The van der Waals surface area contributed by atoms with Gasteiger partial charge >= 0.3 is 0 Å². The van der Waals surface area contributed by atoms with Crippen molar-refractivity contribution in [2.75, 3.05) is 20.1 Å². The molecule has 2 rings (SSSR count). The van der Waals surface area contributed by atoms with Crippen LogP contribution in [0.25, 0.3) is 0 Å². The normalized spacial score (nSPS) is 10.8. The number of likely N-dealkylation sites (N-methyl/N-ethyl adjacent to an activating group) is 1. The standard InChI is InChI=1S/C19H22BrFN2O/c1-23(13-16-12-17(20)9-10-18(16)21)14-19(24)22-11-5-8-15-6-3-2-4-7-15/h2-4,6-7,9-10,12H,5,8,11,13-14H2,1H3,(H,22,24). The first kappa shape index (κ1) is 18.6. The summed E-state index contributed by atoms with van der Waals surface area (Å²) in [6.45, 7) is 1.28. The van der Waals surface area contributed by atoms with Crippen molar-refractivity contribution in [3.05, 3.63) is 69.9 Å². The van der Waals surface area contributed by atoms with Crippen molar-refractivity contribution in [3.8, 4) is 0 Å². The van der Waals surface area contributed by atoms with Gasteiger partial charge in [-0.05, 0) is 43.7 Å². The minimum Gasteiger partial charge on any atom is -0.355 e. The highest BCUT2D eigenvalue weighted by Crippen LogP contribution is 2.16. The third kappa shape index (κ3) is 6.42. The fraction of sp³-hybridized carbons (Fsp3) is 0.316. The van der Waals surface area contributed by atoms with Gasteiger partial charge < -0.3 is 5.32 Å². The van der Waals surface area contributed by atoms with Gasteiger partial charge in [0.05, 0.1) is 6.54 Å².